The third-order valence-corrected chi connectivity index (χ3v) is 4.16. The van der Waals surface area contributed by atoms with Gasteiger partial charge in [-0.1, -0.05) is 28.1 Å². The highest BCUT2D eigenvalue weighted by molar-refractivity contribution is 9.10. The third kappa shape index (κ3) is 4.16. The molecule has 3 aromatic rings. The molecule has 136 valence electrons. The van der Waals surface area contributed by atoms with Crippen LogP contribution < -0.4 is 10.6 Å². The van der Waals surface area contributed by atoms with Gasteiger partial charge in [-0.15, -0.1) is 0 Å². The molecule has 1 aromatic heterocycles. The van der Waals surface area contributed by atoms with Crippen molar-refractivity contribution in [2.45, 2.75) is 12.7 Å². The summed E-state index contributed by atoms with van der Waals surface area (Å²) in [5, 5.41) is 5.16. The number of amides is 2. The molecule has 0 aliphatic carbocycles. The number of hydrogen-bond donors (Lipinski definition) is 2. The van der Waals surface area contributed by atoms with Gasteiger partial charge in [0.05, 0.1) is 11.0 Å². The monoisotopic (exact) mass is 426 g/mol. The van der Waals surface area contributed by atoms with Crippen LogP contribution in [0.5, 0.6) is 0 Å². The molecule has 3 rings (SSSR count). The van der Waals surface area contributed by atoms with Gasteiger partial charge in [0, 0.05) is 23.2 Å². The largest absolute Gasteiger partial charge is 0.449 e. The molecular formula is C17H14BrF3N4O. The summed E-state index contributed by atoms with van der Waals surface area (Å²) in [6, 6.07) is 12.8. The maximum absolute atomic E-state index is 13.2. The maximum Gasteiger partial charge on any atom is 0.449 e. The van der Waals surface area contributed by atoms with E-state index in [0.29, 0.717) is 11.2 Å². The fourth-order valence-electron chi connectivity index (χ4n) is 2.51. The molecule has 0 spiro atoms. The summed E-state index contributed by atoms with van der Waals surface area (Å²) < 4.78 is 41.6. The predicted molar refractivity (Wildman–Crippen MR) is 95.9 cm³/mol. The van der Waals surface area contributed by atoms with Gasteiger partial charge in [0.15, 0.2) is 0 Å². The highest BCUT2D eigenvalue weighted by atomic mass is 79.9. The molecule has 26 heavy (non-hydrogen) atoms. The van der Waals surface area contributed by atoms with Gasteiger partial charge in [0.2, 0.25) is 5.82 Å². The molecular weight excluding hydrogens is 413 g/mol. The number of nitrogens with one attached hydrogen (secondary N) is 2. The SMILES string of the molecule is O=C(NCCn1c(C(F)(F)F)nc2ccccc21)Nc1ccc(Br)cc1. The van der Waals surface area contributed by atoms with E-state index < -0.39 is 18.0 Å². The quantitative estimate of drug-likeness (QED) is 0.638. The summed E-state index contributed by atoms with van der Waals surface area (Å²) in [6.45, 7) is -0.0328. The number of aromatic nitrogens is 2. The fourth-order valence-corrected chi connectivity index (χ4v) is 2.77. The standard InChI is InChI=1S/C17H14BrF3N4O/c18-11-5-7-12(8-6-11)23-16(26)22-9-10-25-14-4-2-1-3-13(14)24-15(25)17(19,20)21/h1-8H,9-10H2,(H2,22,23,26). The molecule has 2 amide bonds. The topological polar surface area (TPSA) is 59.0 Å². The van der Waals surface area contributed by atoms with Crippen LogP contribution in [0.2, 0.25) is 0 Å². The number of anilines is 1. The number of fused-ring (bicyclic) bond motifs is 1. The summed E-state index contributed by atoms with van der Waals surface area (Å²) in [4.78, 5) is 15.6. The Morgan fingerprint density at radius 3 is 2.50 bits per heavy atom. The molecule has 0 saturated carbocycles. The summed E-state index contributed by atoms with van der Waals surface area (Å²) in [7, 11) is 0. The van der Waals surface area contributed by atoms with Gasteiger partial charge >= 0.3 is 12.2 Å². The Kier molecular flexibility index (Phi) is 5.17. The number of benzene rings is 2. The van der Waals surface area contributed by atoms with E-state index in [1.54, 1.807) is 42.5 Å². The Morgan fingerprint density at radius 1 is 1.12 bits per heavy atom. The molecule has 0 aliphatic rings. The lowest BCUT2D eigenvalue weighted by molar-refractivity contribution is -0.146. The molecule has 0 bridgehead atoms. The molecule has 0 atom stereocenters. The number of para-hydroxylation sites is 2. The van der Waals surface area contributed by atoms with Crippen LogP contribution >= 0.6 is 15.9 Å². The van der Waals surface area contributed by atoms with Crippen LogP contribution in [0, 0.1) is 0 Å². The van der Waals surface area contributed by atoms with Gasteiger partial charge in [0.25, 0.3) is 0 Å². The first-order valence-electron chi connectivity index (χ1n) is 7.67. The van der Waals surface area contributed by atoms with Crippen molar-refractivity contribution in [2.75, 3.05) is 11.9 Å². The number of carbonyl (C=O) groups excluding carboxylic acids is 1. The molecule has 0 aliphatic heterocycles. The number of urea groups is 1. The molecule has 0 fully saturated rings. The zero-order valence-electron chi connectivity index (χ0n) is 13.3. The Balaban J connectivity index is 1.67. The number of imidazole rings is 1. The lowest BCUT2D eigenvalue weighted by Gasteiger charge is -2.12. The highest BCUT2D eigenvalue weighted by Gasteiger charge is 2.37. The van der Waals surface area contributed by atoms with Crippen molar-refractivity contribution < 1.29 is 18.0 Å². The Morgan fingerprint density at radius 2 is 1.81 bits per heavy atom. The molecule has 5 nitrogen and oxygen atoms in total. The average molecular weight is 427 g/mol. The van der Waals surface area contributed by atoms with E-state index in [4.69, 9.17) is 0 Å². The number of carbonyl (C=O) groups is 1. The van der Waals surface area contributed by atoms with Crippen LogP contribution in [0.1, 0.15) is 5.82 Å². The second kappa shape index (κ2) is 7.36. The van der Waals surface area contributed by atoms with Gasteiger partial charge in [-0.25, -0.2) is 9.78 Å². The van der Waals surface area contributed by atoms with Crippen LogP contribution in [0.3, 0.4) is 0 Å². The fraction of sp³-hybridized carbons (Fsp3) is 0.176. The van der Waals surface area contributed by atoms with Crippen molar-refractivity contribution in [3.05, 3.63) is 58.8 Å². The normalized spacial score (nSPS) is 11.5. The maximum atomic E-state index is 13.2. The lowest BCUT2D eigenvalue weighted by Crippen LogP contribution is -2.32. The number of alkyl halides is 3. The second-order valence-electron chi connectivity index (χ2n) is 5.46. The predicted octanol–water partition coefficient (Wildman–Crippen LogP) is 4.64. The average Bonchev–Trinajstić information content (AvgIpc) is 2.96. The molecule has 9 heteroatoms. The summed E-state index contributed by atoms with van der Waals surface area (Å²) in [5.74, 6) is -0.978. The Hall–Kier alpha value is -2.55. The van der Waals surface area contributed by atoms with Crippen molar-refractivity contribution in [1.29, 1.82) is 0 Å². The zero-order valence-corrected chi connectivity index (χ0v) is 14.9. The van der Waals surface area contributed by atoms with Crippen LogP contribution in [0.4, 0.5) is 23.7 Å². The minimum Gasteiger partial charge on any atom is -0.336 e. The molecule has 2 aromatic carbocycles. The Bertz CT molecular complexity index is 922. The van der Waals surface area contributed by atoms with Gasteiger partial charge in [-0.3, -0.25) is 0 Å². The van der Waals surface area contributed by atoms with E-state index in [0.717, 1.165) is 9.04 Å². The van der Waals surface area contributed by atoms with Crippen LogP contribution in [0.15, 0.2) is 53.0 Å². The number of hydrogen-bond acceptors (Lipinski definition) is 2. The highest BCUT2D eigenvalue weighted by Crippen LogP contribution is 2.31. The first kappa shape index (κ1) is 18.2. The van der Waals surface area contributed by atoms with E-state index in [1.165, 1.54) is 6.07 Å². The van der Waals surface area contributed by atoms with Gasteiger partial charge in [-0.2, -0.15) is 13.2 Å². The number of nitrogens with zero attached hydrogens (tertiary/aromatic N) is 2. The Labute approximate surface area is 155 Å². The van der Waals surface area contributed by atoms with Crippen LogP contribution in [-0.4, -0.2) is 22.1 Å². The summed E-state index contributed by atoms with van der Waals surface area (Å²) in [5.41, 5.74) is 1.21. The number of rotatable bonds is 4. The van der Waals surface area contributed by atoms with E-state index in [1.807, 2.05) is 0 Å². The minimum atomic E-state index is -4.57. The van der Waals surface area contributed by atoms with E-state index in [2.05, 4.69) is 31.5 Å². The molecule has 2 N–H and O–H groups in total. The molecule has 0 saturated heterocycles. The minimum absolute atomic E-state index is 0.0196. The van der Waals surface area contributed by atoms with E-state index in [-0.39, 0.29) is 18.6 Å². The van der Waals surface area contributed by atoms with Gasteiger partial charge in [0.1, 0.15) is 0 Å². The molecule has 1 heterocycles. The van der Waals surface area contributed by atoms with Gasteiger partial charge < -0.3 is 15.2 Å². The number of halogens is 4. The van der Waals surface area contributed by atoms with Gasteiger partial charge in [-0.05, 0) is 36.4 Å². The van der Waals surface area contributed by atoms with Crippen LogP contribution in [0.25, 0.3) is 11.0 Å². The van der Waals surface area contributed by atoms with Crippen molar-refractivity contribution >= 4 is 38.7 Å². The third-order valence-electron chi connectivity index (χ3n) is 3.63. The smallest absolute Gasteiger partial charge is 0.336 e. The first-order chi connectivity index (χ1) is 12.3. The summed E-state index contributed by atoms with van der Waals surface area (Å²) >= 11 is 3.29. The lowest BCUT2D eigenvalue weighted by atomic mass is 10.3. The zero-order chi connectivity index (χ0) is 18.7. The van der Waals surface area contributed by atoms with Crippen molar-refractivity contribution in [3.63, 3.8) is 0 Å². The van der Waals surface area contributed by atoms with Crippen molar-refractivity contribution in [2.24, 2.45) is 0 Å². The van der Waals surface area contributed by atoms with E-state index in [9.17, 15) is 18.0 Å². The first-order valence-corrected chi connectivity index (χ1v) is 8.47. The van der Waals surface area contributed by atoms with Crippen molar-refractivity contribution in [3.8, 4) is 0 Å². The van der Waals surface area contributed by atoms with Crippen molar-refractivity contribution in [1.82, 2.24) is 14.9 Å². The molecule has 0 unspecified atom stereocenters. The molecule has 0 radical (unpaired) electrons. The van der Waals surface area contributed by atoms with E-state index >= 15 is 0 Å². The summed E-state index contributed by atoms with van der Waals surface area (Å²) in [6.07, 6.45) is -4.57. The second-order valence-corrected chi connectivity index (χ2v) is 6.38. The van der Waals surface area contributed by atoms with Crippen LogP contribution in [-0.2, 0) is 12.7 Å².